The van der Waals surface area contributed by atoms with Crippen LogP contribution in [0.1, 0.15) is 52.4 Å². The fourth-order valence-electron chi connectivity index (χ4n) is 3.07. The Hall–Kier alpha value is -0.570. The Bertz CT molecular complexity index is 230. The van der Waals surface area contributed by atoms with Crippen molar-refractivity contribution in [2.45, 2.75) is 64.5 Å². The first-order valence-electron chi connectivity index (χ1n) is 6.56. The van der Waals surface area contributed by atoms with Crippen LogP contribution < -0.4 is 0 Å². The van der Waals surface area contributed by atoms with E-state index in [0.29, 0.717) is 18.4 Å². The summed E-state index contributed by atoms with van der Waals surface area (Å²) in [5.74, 6) is 0.0116. The first kappa shape index (κ1) is 13.5. The molecule has 1 rings (SSSR count). The summed E-state index contributed by atoms with van der Waals surface area (Å²) >= 11 is 0. The second kappa shape index (κ2) is 6.24. The van der Waals surface area contributed by atoms with Gasteiger partial charge in [-0.15, -0.1) is 0 Å². The van der Waals surface area contributed by atoms with Crippen molar-refractivity contribution in [3.8, 4) is 0 Å². The summed E-state index contributed by atoms with van der Waals surface area (Å²) in [5, 5.41) is 9.19. The molecule has 0 radical (unpaired) electrons. The highest BCUT2D eigenvalue weighted by atomic mass is 16.4. The summed E-state index contributed by atoms with van der Waals surface area (Å²) < 4.78 is 0. The molecule has 0 saturated heterocycles. The largest absolute Gasteiger partial charge is 0.480 e. The van der Waals surface area contributed by atoms with Gasteiger partial charge in [0.2, 0.25) is 0 Å². The summed E-state index contributed by atoms with van der Waals surface area (Å²) in [6, 6.07) is 0.164. The van der Waals surface area contributed by atoms with Crippen molar-refractivity contribution in [3.05, 3.63) is 0 Å². The van der Waals surface area contributed by atoms with Crippen LogP contribution in [0.4, 0.5) is 0 Å². The van der Waals surface area contributed by atoms with Gasteiger partial charge in [-0.3, -0.25) is 9.69 Å². The summed E-state index contributed by atoms with van der Waals surface area (Å²) in [6.45, 7) is 4.18. The predicted molar refractivity (Wildman–Crippen MR) is 65.5 cm³/mol. The van der Waals surface area contributed by atoms with Crippen molar-refractivity contribution in [2.24, 2.45) is 5.92 Å². The quantitative estimate of drug-likeness (QED) is 0.785. The van der Waals surface area contributed by atoms with Gasteiger partial charge in [-0.05, 0) is 32.2 Å². The van der Waals surface area contributed by atoms with Gasteiger partial charge in [-0.2, -0.15) is 0 Å². The van der Waals surface area contributed by atoms with Gasteiger partial charge in [0.25, 0.3) is 0 Å². The molecule has 0 aromatic carbocycles. The highest BCUT2D eigenvalue weighted by Gasteiger charge is 2.32. The molecular formula is C13H25NO2. The van der Waals surface area contributed by atoms with E-state index >= 15 is 0 Å². The highest BCUT2D eigenvalue weighted by molar-refractivity contribution is 5.73. The molecule has 3 heteroatoms. The number of carbonyl (C=O) groups is 1. The highest BCUT2D eigenvalue weighted by Crippen LogP contribution is 2.31. The fraction of sp³-hybridized carbons (Fsp3) is 0.923. The maximum Gasteiger partial charge on any atom is 0.320 e. The van der Waals surface area contributed by atoms with Crippen LogP contribution in [0.15, 0.2) is 0 Å². The Balaban J connectivity index is 2.68. The monoisotopic (exact) mass is 227 g/mol. The molecule has 1 N–H and O–H groups in total. The molecule has 3 nitrogen and oxygen atoms in total. The molecule has 1 aliphatic rings. The number of carboxylic acids is 1. The Labute approximate surface area is 98.8 Å². The van der Waals surface area contributed by atoms with Crippen LogP contribution in [-0.2, 0) is 4.79 Å². The fourth-order valence-corrected chi connectivity index (χ4v) is 3.07. The molecule has 1 aliphatic carbocycles. The molecule has 0 amide bonds. The van der Waals surface area contributed by atoms with Gasteiger partial charge < -0.3 is 5.11 Å². The maximum absolute atomic E-state index is 11.2. The molecule has 0 heterocycles. The van der Waals surface area contributed by atoms with E-state index in [9.17, 15) is 9.90 Å². The molecule has 0 aromatic rings. The van der Waals surface area contributed by atoms with Crippen LogP contribution in [0, 0.1) is 5.92 Å². The molecule has 3 unspecified atom stereocenters. The molecule has 0 spiro atoms. The second-order valence-corrected chi connectivity index (χ2v) is 4.95. The van der Waals surface area contributed by atoms with Crippen molar-refractivity contribution < 1.29 is 9.90 Å². The van der Waals surface area contributed by atoms with Gasteiger partial charge in [-0.25, -0.2) is 0 Å². The van der Waals surface area contributed by atoms with Crippen LogP contribution in [0.25, 0.3) is 0 Å². The first-order chi connectivity index (χ1) is 7.61. The zero-order valence-electron chi connectivity index (χ0n) is 10.8. The van der Waals surface area contributed by atoms with Crippen molar-refractivity contribution in [1.29, 1.82) is 0 Å². The molecule has 1 fully saturated rings. The molecule has 0 bridgehead atoms. The van der Waals surface area contributed by atoms with Crippen LogP contribution in [0.2, 0.25) is 0 Å². The zero-order valence-corrected chi connectivity index (χ0v) is 10.8. The maximum atomic E-state index is 11.2. The van der Waals surface area contributed by atoms with E-state index in [2.05, 4.69) is 11.8 Å². The third-order valence-corrected chi connectivity index (χ3v) is 4.08. The third-order valence-electron chi connectivity index (χ3n) is 4.08. The summed E-state index contributed by atoms with van der Waals surface area (Å²) in [6.07, 6.45) is 6.86. The number of carboxylic acid groups (broad SMARTS) is 1. The van der Waals surface area contributed by atoms with Crippen LogP contribution in [0.5, 0.6) is 0 Å². The Morgan fingerprint density at radius 2 is 2.00 bits per heavy atom. The number of hydrogen-bond acceptors (Lipinski definition) is 2. The van der Waals surface area contributed by atoms with Gasteiger partial charge in [0.05, 0.1) is 0 Å². The zero-order chi connectivity index (χ0) is 12.1. The number of hydrogen-bond donors (Lipinski definition) is 1. The van der Waals surface area contributed by atoms with Gasteiger partial charge >= 0.3 is 5.97 Å². The van der Waals surface area contributed by atoms with E-state index in [1.807, 2.05) is 14.0 Å². The van der Waals surface area contributed by atoms with Crippen molar-refractivity contribution in [2.75, 3.05) is 7.05 Å². The smallest absolute Gasteiger partial charge is 0.320 e. The lowest BCUT2D eigenvalue weighted by Gasteiger charge is -2.40. The van der Waals surface area contributed by atoms with E-state index in [1.54, 1.807) is 0 Å². The van der Waals surface area contributed by atoms with Gasteiger partial charge in [0.1, 0.15) is 6.04 Å². The number of nitrogens with zero attached hydrogens (tertiary/aromatic N) is 1. The topological polar surface area (TPSA) is 40.5 Å². The minimum Gasteiger partial charge on any atom is -0.480 e. The Morgan fingerprint density at radius 3 is 2.50 bits per heavy atom. The minimum absolute atomic E-state index is 0.308. The van der Waals surface area contributed by atoms with E-state index in [1.165, 1.54) is 32.1 Å². The summed E-state index contributed by atoms with van der Waals surface area (Å²) in [5.41, 5.74) is 0. The third kappa shape index (κ3) is 2.97. The van der Waals surface area contributed by atoms with Crippen LogP contribution in [0.3, 0.4) is 0 Å². The molecule has 0 aromatic heterocycles. The van der Waals surface area contributed by atoms with Crippen LogP contribution >= 0.6 is 0 Å². The van der Waals surface area contributed by atoms with Gasteiger partial charge in [0.15, 0.2) is 0 Å². The summed E-state index contributed by atoms with van der Waals surface area (Å²) in [4.78, 5) is 13.3. The minimum atomic E-state index is -0.676. The van der Waals surface area contributed by atoms with Crippen molar-refractivity contribution in [1.82, 2.24) is 4.90 Å². The second-order valence-electron chi connectivity index (χ2n) is 4.95. The van der Waals surface area contributed by atoms with E-state index in [-0.39, 0.29) is 6.04 Å². The predicted octanol–water partition coefficient (Wildman–Crippen LogP) is 2.75. The number of aliphatic carboxylic acids is 1. The lowest BCUT2D eigenvalue weighted by atomic mass is 9.81. The standard InChI is InChI=1S/C13H25NO2/c1-4-10-8-6-7-9-12(10)14(3)11(5-2)13(15)16/h10-12H,4-9H2,1-3H3,(H,15,16). The number of rotatable bonds is 5. The molecule has 3 atom stereocenters. The van der Waals surface area contributed by atoms with Gasteiger partial charge in [0, 0.05) is 6.04 Å². The van der Waals surface area contributed by atoms with Gasteiger partial charge in [-0.1, -0.05) is 33.1 Å². The number of likely N-dealkylation sites (N-methyl/N-ethyl adjacent to an activating group) is 1. The SMILES string of the molecule is CCC1CCCCC1N(C)C(CC)C(=O)O. The Morgan fingerprint density at radius 1 is 1.38 bits per heavy atom. The van der Waals surface area contributed by atoms with E-state index in [4.69, 9.17) is 0 Å². The molecule has 0 aliphatic heterocycles. The first-order valence-corrected chi connectivity index (χ1v) is 6.56. The Kier molecular flexibility index (Phi) is 5.26. The van der Waals surface area contributed by atoms with Crippen molar-refractivity contribution in [3.63, 3.8) is 0 Å². The van der Waals surface area contributed by atoms with E-state index in [0.717, 1.165) is 0 Å². The van der Waals surface area contributed by atoms with Crippen LogP contribution in [-0.4, -0.2) is 35.1 Å². The lowest BCUT2D eigenvalue weighted by molar-refractivity contribution is -0.144. The molecular weight excluding hydrogens is 202 g/mol. The average Bonchev–Trinajstić information content (AvgIpc) is 2.29. The molecule has 94 valence electrons. The average molecular weight is 227 g/mol. The normalized spacial score (nSPS) is 28.0. The summed E-state index contributed by atoms with van der Waals surface area (Å²) in [7, 11) is 1.99. The van der Waals surface area contributed by atoms with E-state index < -0.39 is 5.97 Å². The molecule has 16 heavy (non-hydrogen) atoms. The lowest BCUT2D eigenvalue weighted by Crippen LogP contribution is -2.48. The molecule has 1 saturated carbocycles. The van der Waals surface area contributed by atoms with Crippen molar-refractivity contribution >= 4 is 5.97 Å².